The van der Waals surface area contributed by atoms with Gasteiger partial charge in [-0.05, 0) is 30.9 Å². The van der Waals surface area contributed by atoms with E-state index in [1.165, 1.54) is 23.5 Å². The van der Waals surface area contributed by atoms with Crippen LogP contribution in [0.1, 0.15) is 37.8 Å². The molecule has 1 saturated heterocycles. The van der Waals surface area contributed by atoms with Crippen molar-refractivity contribution in [3.8, 4) is 11.5 Å². The topological polar surface area (TPSA) is 105 Å². The number of aromatic nitrogens is 3. The molecule has 2 aromatic rings. The molecule has 30 heavy (non-hydrogen) atoms. The number of piperidine rings is 1. The van der Waals surface area contributed by atoms with Gasteiger partial charge in [0.2, 0.25) is 10.0 Å². The first-order valence-corrected chi connectivity index (χ1v) is 11.6. The number of H-pyrrole nitrogens is 1. The zero-order valence-electron chi connectivity index (χ0n) is 16.8. The van der Waals surface area contributed by atoms with Gasteiger partial charge in [-0.3, -0.25) is 4.79 Å². The lowest BCUT2D eigenvalue weighted by Crippen LogP contribution is -2.43. The summed E-state index contributed by atoms with van der Waals surface area (Å²) in [6.07, 6.45) is 1.99. The molecule has 0 radical (unpaired) electrons. The molecule has 1 aliphatic heterocycles. The maximum atomic E-state index is 13.1. The van der Waals surface area contributed by atoms with E-state index in [0.717, 1.165) is 11.9 Å². The minimum Gasteiger partial charge on any atom is -0.469 e. The van der Waals surface area contributed by atoms with E-state index >= 15 is 0 Å². The Kier molecular flexibility index (Phi) is 7.10. The van der Waals surface area contributed by atoms with Crippen molar-refractivity contribution in [3.05, 3.63) is 35.0 Å². The number of rotatable bonds is 7. The van der Waals surface area contributed by atoms with Gasteiger partial charge >= 0.3 is 5.97 Å². The van der Waals surface area contributed by atoms with Gasteiger partial charge in [0.1, 0.15) is 11.5 Å². The molecule has 8 nitrogen and oxygen atoms in total. The fourth-order valence-electron chi connectivity index (χ4n) is 3.67. The van der Waals surface area contributed by atoms with Crippen LogP contribution in [0.2, 0.25) is 5.15 Å². The summed E-state index contributed by atoms with van der Waals surface area (Å²) >= 11 is 6.34. The van der Waals surface area contributed by atoms with Gasteiger partial charge in [-0.15, -0.1) is 0 Å². The van der Waals surface area contributed by atoms with Gasteiger partial charge in [-0.25, -0.2) is 27.1 Å². The zero-order chi connectivity index (χ0) is 21.9. The predicted molar refractivity (Wildman–Crippen MR) is 110 cm³/mol. The van der Waals surface area contributed by atoms with Gasteiger partial charge in [0.25, 0.3) is 0 Å². The first kappa shape index (κ1) is 22.6. The fourth-order valence-corrected chi connectivity index (χ4v) is 5.55. The second-order valence-electron chi connectivity index (χ2n) is 7.38. The van der Waals surface area contributed by atoms with Crippen molar-refractivity contribution in [2.75, 3.05) is 26.0 Å². The lowest BCUT2D eigenvalue weighted by Gasteiger charge is -2.35. The van der Waals surface area contributed by atoms with E-state index in [1.807, 2.05) is 6.92 Å². The number of carbonyl (C=O) groups excluding carboxylic acids is 1. The maximum absolute atomic E-state index is 13.1. The molecule has 0 unspecified atom stereocenters. The molecule has 11 heteroatoms. The smallest absolute Gasteiger partial charge is 0.305 e. The largest absolute Gasteiger partial charge is 0.469 e. The third kappa shape index (κ3) is 5.16. The van der Waals surface area contributed by atoms with E-state index in [0.29, 0.717) is 36.2 Å². The number of hydrogen-bond acceptors (Lipinski definition) is 6. The van der Waals surface area contributed by atoms with Crippen LogP contribution in [0.3, 0.4) is 0 Å². The molecule has 1 fully saturated rings. The van der Waals surface area contributed by atoms with Crippen LogP contribution in [0.5, 0.6) is 0 Å². The summed E-state index contributed by atoms with van der Waals surface area (Å²) in [6.45, 7) is 2.67. The molecule has 2 aromatic heterocycles. The monoisotopic (exact) mass is 458 g/mol. The molecule has 3 rings (SSSR count). The van der Waals surface area contributed by atoms with E-state index in [4.69, 9.17) is 11.6 Å². The Labute approximate surface area is 179 Å². The summed E-state index contributed by atoms with van der Waals surface area (Å²) in [6, 6.07) is 2.81. The molecule has 0 saturated carbocycles. The van der Waals surface area contributed by atoms with E-state index in [1.54, 1.807) is 0 Å². The molecule has 2 atom stereocenters. The summed E-state index contributed by atoms with van der Waals surface area (Å²) in [5.41, 5.74) is 1.20. The quantitative estimate of drug-likeness (QED) is 0.639. The molecule has 0 bridgehead atoms. The molecule has 1 N–H and O–H groups in total. The summed E-state index contributed by atoms with van der Waals surface area (Å²) in [5.74, 6) is -0.505. The number of pyridine rings is 1. The van der Waals surface area contributed by atoms with Crippen molar-refractivity contribution in [3.63, 3.8) is 0 Å². The van der Waals surface area contributed by atoms with Crippen molar-refractivity contribution in [1.82, 2.24) is 19.3 Å². The fraction of sp³-hybridized carbons (Fsp3) is 0.526. The maximum Gasteiger partial charge on any atom is 0.305 e. The highest BCUT2D eigenvalue weighted by Gasteiger charge is 2.35. The van der Waals surface area contributed by atoms with Gasteiger partial charge in [-0.1, -0.05) is 18.5 Å². The minimum atomic E-state index is -3.46. The number of aromatic amines is 1. The molecule has 0 amide bonds. The van der Waals surface area contributed by atoms with Gasteiger partial charge in [0.05, 0.1) is 24.8 Å². The summed E-state index contributed by atoms with van der Waals surface area (Å²) in [7, 11) is -2.18. The predicted octanol–water partition coefficient (Wildman–Crippen LogP) is 2.97. The number of carbonyl (C=O) groups is 1. The number of nitrogens with one attached hydrogen (secondary N) is 1. The van der Waals surface area contributed by atoms with Crippen LogP contribution in [0.15, 0.2) is 18.3 Å². The standard InChI is InChI=1S/C19H24ClFN4O4S/c1-12-11-25(30(27,28)9-3-4-16(26)29-2)8-7-14(12)17-18(20)24-19(23-17)15-6-5-13(21)10-22-15/h5-6,10,12,14H,3-4,7-9,11H2,1-2H3,(H,23,24)/t12-,14+/m0/s1. The van der Waals surface area contributed by atoms with Crippen LogP contribution in [0, 0.1) is 11.7 Å². The number of esters is 1. The Hall–Kier alpha value is -2.04. The first-order chi connectivity index (χ1) is 14.2. The highest BCUT2D eigenvalue weighted by atomic mass is 35.5. The van der Waals surface area contributed by atoms with Crippen molar-refractivity contribution in [1.29, 1.82) is 0 Å². The van der Waals surface area contributed by atoms with Crippen molar-refractivity contribution in [2.45, 2.75) is 32.1 Å². The highest BCUT2D eigenvalue weighted by molar-refractivity contribution is 7.89. The van der Waals surface area contributed by atoms with Crippen LogP contribution in [0.25, 0.3) is 11.5 Å². The number of halogens is 2. The second kappa shape index (κ2) is 9.40. The van der Waals surface area contributed by atoms with Gasteiger partial charge in [-0.2, -0.15) is 0 Å². The minimum absolute atomic E-state index is 0.000664. The average molecular weight is 459 g/mol. The van der Waals surface area contributed by atoms with Gasteiger partial charge < -0.3 is 9.72 Å². The number of methoxy groups -OCH3 is 1. The van der Waals surface area contributed by atoms with Crippen LogP contribution >= 0.6 is 11.6 Å². The summed E-state index contributed by atoms with van der Waals surface area (Å²) in [5, 5.41) is 0.308. The lowest BCUT2D eigenvalue weighted by atomic mass is 9.86. The molecule has 0 aliphatic carbocycles. The third-order valence-electron chi connectivity index (χ3n) is 5.30. The Morgan fingerprint density at radius 2 is 2.20 bits per heavy atom. The number of imidazole rings is 1. The zero-order valence-corrected chi connectivity index (χ0v) is 18.3. The van der Waals surface area contributed by atoms with Crippen LogP contribution < -0.4 is 0 Å². The Bertz CT molecular complexity index is 996. The highest BCUT2D eigenvalue weighted by Crippen LogP contribution is 2.37. The Morgan fingerprint density at radius 1 is 1.43 bits per heavy atom. The van der Waals surface area contributed by atoms with Gasteiger partial charge in [0.15, 0.2) is 11.0 Å². The van der Waals surface area contributed by atoms with Crippen molar-refractivity contribution < 1.29 is 22.3 Å². The molecule has 3 heterocycles. The molecule has 164 valence electrons. The second-order valence-corrected chi connectivity index (χ2v) is 9.82. The van der Waals surface area contributed by atoms with Crippen molar-refractivity contribution in [2.24, 2.45) is 5.92 Å². The van der Waals surface area contributed by atoms with Gasteiger partial charge in [0, 0.05) is 25.4 Å². The third-order valence-corrected chi connectivity index (χ3v) is 7.51. The molecular formula is C19H24ClFN4O4S. The summed E-state index contributed by atoms with van der Waals surface area (Å²) in [4.78, 5) is 22.7. The van der Waals surface area contributed by atoms with Crippen LogP contribution in [0.4, 0.5) is 4.39 Å². The first-order valence-electron chi connectivity index (χ1n) is 9.63. The molecule has 1 aliphatic rings. The Morgan fingerprint density at radius 3 is 2.83 bits per heavy atom. The number of sulfonamides is 1. The molecule has 0 aromatic carbocycles. The lowest BCUT2D eigenvalue weighted by molar-refractivity contribution is -0.140. The number of nitrogens with zero attached hydrogens (tertiary/aromatic N) is 3. The normalized spacial score (nSPS) is 20.3. The van der Waals surface area contributed by atoms with E-state index in [2.05, 4.69) is 19.7 Å². The van der Waals surface area contributed by atoms with Crippen LogP contribution in [-0.4, -0.2) is 59.6 Å². The summed E-state index contributed by atoms with van der Waals surface area (Å²) < 4.78 is 44.4. The number of ether oxygens (including phenoxy) is 1. The van der Waals surface area contributed by atoms with Crippen molar-refractivity contribution >= 4 is 27.6 Å². The SMILES string of the molecule is COC(=O)CCCS(=O)(=O)N1CC[C@@H](c2[nH]c(-c3ccc(F)cn3)nc2Cl)[C@@H](C)C1. The number of hydrogen-bond donors (Lipinski definition) is 1. The van der Waals surface area contributed by atoms with Crippen LogP contribution in [-0.2, 0) is 19.6 Å². The molecule has 0 spiro atoms. The Balaban J connectivity index is 1.67. The van der Waals surface area contributed by atoms with E-state index in [-0.39, 0.29) is 30.4 Å². The molecular weight excluding hydrogens is 435 g/mol. The van der Waals surface area contributed by atoms with E-state index < -0.39 is 21.8 Å². The average Bonchev–Trinajstić information content (AvgIpc) is 3.09. The van der Waals surface area contributed by atoms with E-state index in [9.17, 15) is 17.6 Å².